The number of benzene rings is 8. The van der Waals surface area contributed by atoms with E-state index in [1.54, 1.807) is 95.3 Å². The van der Waals surface area contributed by atoms with Gasteiger partial charge in [0.2, 0.25) is 29.5 Å². The van der Waals surface area contributed by atoms with Gasteiger partial charge in [-0.3, -0.25) is 48.1 Å². The average molecular weight is 1870 g/mol. The number of hydrazone groups is 2. The van der Waals surface area contributed by atoms with E-state index in [4.69, 9.17) is 9.47 Å². The molecule has 12 N–H and O–H groups in total. The Balaban J connectivity index is 0.000000316. The Labute approximate surface area is 780 Å². The fourth-order valence-electron chi connectivity index (χ4n) is 15.4. The second kappa shape index (κ2) is 50.4. The zero-order chi connectivity index (χ0) is 97.1. The molecular formula is C98H116N15O19S2-. The summed E-state index contributed by atoms with van der Waals surface area (Å²) in [6, 6.07) is 56.7. The molecule has 0 bridgehead atoms. The van der Waals surface area contributed by atoms with Crippen molar-refractivity contribution in [2.45, 2.75) is 172 Å². The molecule has 8 aromatic carbocycles. The van der Waals surface area contributed by atoms with Gasteiger partial charge in [0.15, 0.2) is 11.6 Å². The van der Waals surface area contributed by atoms with Gasteiger partial charge < -0.3 is 67.7 Å². The third kappa shape index (κ3) is 32.6. The Morgan fingerprint density at radius 3 is 1.10 bits per heavy atom. The number of carbonyl (C=O) groups is 12. The molecule has 0 heterocycles. The summed E-state index contributed by atoms with van der Waals surface area (Å²) in [4.78, 5) is 166. The van der Waals surface area contributed by atoms with Crippen molar-refractivity contribution in [3.63, 3.8) is 0 Å². The number of sulfone groups is 2. The van der Waals surface area contributed by atoms with Crippen molar-refractivity contribution in [1.82, 2.24) is 64.0 Å². The maximum atomic E-state index is 14.5. The minimum atomic E-state index is -4.01. The summed E-state index contributed by atoms with van der Waals surface area (Å²) in [6.45, 7) is 9.51. The van der Waals surface area contributed by atoms with Crippen LogP contribution in [-0.2, 0) is 72.3 Å². The smallest absolute Gasteiger partial charge is 0.408 e. The van der Waals surface area contributed by atoms with E-state index >= 15 is 0 Å². The van der Waals surface area contributed by atoms with Crippen LogP contribution in [0.15, 0.2) is 246 Å². The summed E-state index contributed by atoms with van der Waals surface area (Å²) in [5.41, 5.74) is 10.8. The first-order valence-corrected chi connectivity index (χ1v) is 48.1. The summed E-state index contributed by atoms with van der Waals surface area (Å²) in [6.07, 6.45) is 3.89. The number of alkyl carbamates (subject to hydrolysis) is 1. The lowest BCUT2D eigenvalue weighted by Crippen LogP contribution is -2.58. The van der Waals surface area contributed by atoms with E-state index in [0.29, 0.717) is 36.8 Å². The normalized spacial score (nSPS) is 14.5. The Bertz CT molecular complexity index is 5590. The molecule has 1 fully saturated rings. The molecule has 2 aliphatic rings. The number of amides is 12. The largest absolute Gasteiger partial charge is 0.599 e. The van der Waals surface area contributed by atoms with E-state index in [1.165, 1.54) is 13.8 Å². The summed E-state index contributed by atoms with van der Waals surface area (Å²) < 4.78 is 61.7. The highest BCUT2D eigenvalue weighted by Gasteiger charge is 2.38. The van der Waals surface area contributed by atoms with Crippen molar-refractivity contribution in [2.24, 2.45) is 21.1 Å². The second-order valence-corrected chi connectivity index (χ2v) is 37.9. The van der Waals surface area contributed by atoms with Crippen molar-refractivity contribution in [2.75, 3.05) is 43.7 Å². The number of rotatable bonds is 41. The molecule has 0 unspecified atom stereocenters. The van der Waals surface area contributed by atoms with Gasteiger partial charge in [-0.15, -0.1) is 0 Å². The zero-order valence-corrected chi connectivity index (χ0v) is 77.7. The van der Waals surface area contributed by atoms with E-state index in [2.05, 4.69) is 79.2 Å². The van der Waals surface area contributed by atoms with Crippen LogP contribution in [0.1, 0.15) is 181 Å². The highest BCUT2D eigenvalue weighted by molar-refractivity contribution is 7.91. The molecule has 12 amide bonds. The van der Waals surface area contributed by atoms with Crippen LogP contribution in [0.25, 0.3) is 11.1 Å². The standard InChI is InChI=1S/C58H66N8O10S.C40H51N7O9S/c1-4-21-47(53(55(70)59-34-49(68)62-50(37(2)67)38-22-9-5-10-23-38)65-66-57(72)63-51(39-24-11-6-12-25-39)40-26-13-7-14-27-40)60-54(69)48(36-77(3,74)75)61-56(71)52(41-28-15-8-16-29-41)64-58(73)76-35-46-44-32-19-17-30-42(44)43-31-18-20-33-45(43)46;1-7-17-30(42-36(50)31(25-57(6,54)55)43-39(53)56-40(3,4)5)35(37(51)41-24-32(49)44-33(26(2)48)27-18-11-8-12-19-27)46-47-38(52)45-34(28-20-13-9-14-21-28)29-22-15-10-16-23-29/h5-7,9-14,17-20,22-27,30-33,41,46-48,50-52H,4,8,15-16,21,28-29,34-36H2,1-3H3,(H,59,70)(H,60,69)(H,61,71)(H,62,68)(H,64,73)(H2,63,66,72);8-16,18-23,30-31,33-34H,7,17,24-25H2,1-6H3,(H,41,51)(H,42,50)(H,43,53)(H,44,49)(H2,45,47,52)/p-1/t47-,48-,50+,52-;30-,31-,33+/m00/s1. The molecule has 0 radical (unpaired) electrons. The van der Waals surface area contributed by atoms with Crippen LogP contribution >= 0.6 is 0 Å². The monoisotopic (exact) mass is 1870 g/mol. The second-order valence-electron chi connectivity index (χ2n) is 33.5. The van der Waals surface area contributed by atoms with E-state index < -0.39 is 187 Å². The first kappa shape index (κ1) is 103. The van der Waals surface area contributed by atoms with Crippen molar-refractivity contribution in [3.05, 3.63) is 275 Å². The minimum absolute atomic E-state index is 0.00802. The summed E-state index contributed by atoms with van der Waals surface area (Å²) in [7, 11) is -7.86. The molecule has 0 aromatic heterocycles. The number of nitrogens with one attached hydrogen (secondary N) is 12. The zero-order valence-electron chi connectivity index (χ0n) is 76.1. The quantitative estimate of drug-likeness (QED) is 0.00969. The molecule has 36 heteroatoms. The molecule has 2 aliphatic carbocycles. The predicted molar refractivity (Wildman–Crippen MR) is 505 cm³/mol. The maximum Gasteiger partial charge on any atom is 0.408 e. The Hall–Kier alpha value is -14.3. The van der Waals surface area contributed by atoms with Gasteiger partial charge in [0.1, 0.15) is 73.0 Å². The number of ketones is 2. The van der Waals surface area contributed by atoms with E-state index in [-0.39, 0.29) is 36.9 Å². The van der Waals surface area contributed by atoms with Crippen LogP contribution in [0.3, 0.4) is 0 Å². The van der Waals surface area contributed by atoms with Crippen LogP contribution in [-0.4, -0.2) is 185 Å². The lowest BCUT2D eigenvalue weighted by Gasteiger charge is -2.30. The number of Topliss-reactive ketones (excluding diaryl/α,β-unsaturated/α-hetero) is 2. The van der Waals surface area contributed by atoms with Crippen molar-refractivity contribution >= 4 is 108 Å². The van der Waals surface area contributed by atoms with Crippen molar-refractivity contribution < 1.29 is 89.0 Å². The van der Waals surface area contributed by atoms with Crippen molar-refractivity contribution in [1.29, 1.82) is 0 Å². The van der Waals surface area contributed by atoms with Gasteiger partial charge in [0.05, 0.1) is 48.8 Å². The third-order valence-corrected chi connectivity index (χ3v) is 23.5. The van der Waals surface area contributed by atoms with Gasteiger partial charge in [0, 0.05) is 25.0 Å². The molecule has 7 atom stereocenters. The predicted octanol–water partition coefficient (Wildman–Crippen LogP) is 8.52. The van der Waals surface area contributed by atoms with Crippen LogP contribution in [0.2, 0.25) is 0 Å². The Kier molecular flexibility index (Phi) is 38.9. The molecule has 34 nitrogen and oxygen atoms in total. The van der Waals surface area contributed by atoms with Crippen LogP contribution in [0.5, 0.6) is 0 Å². The lowest BCUT2D eigenvalue weighted by molar-refractivity contribution is -0.251. The SMILES string of the molecule is CCC[C@H](NC(=O)[C@H](CS(C)(=O)=O)NC(=O)OC(C)(C)C)C(=NNC(=O)NC(c1ccccc1)c1ccccc1)C(=O)NCC(=O)N[C@H](C(C)=O)c1ccccc1.CCC[C@H](NC(=O)[C@H](CS(C)(=O)=O)NC(=O)[C@@H](N=C([O-])OCC1c2ccccc2-c2ccccc21)C1CCCCC1)C(=NNC(=O)NC(c1ccccc1)c1ccccc1)C(=O)NCC(=O)N[C@H](C(C)=O)c1ccccc1. The Morgan fingerprint density at radius 2 is 0.761 bits per heavy atom. The molecule has 0 saturated heterocycles. The first-order valence-electron chi connectivity index (χ1n) is 44.0. The third-order valence-electron chi connectivity index (χ3n) is 21.6. The molecule has 10 rings (SSSR count). The van der Waals surface area contributed by atoms with Crippen molar-refractivity contribution in [3.8, 4) is 11.1 Å². The summed E-state index contributed by atoms with van der Waals surface area (Å²) >= 11 is 0. The molecule has 0 aliphatic heterocycles. The number of nitrogens with zero attached hydrogens (tertiary/aromatic N) is 3. The first-order chi connectivity index (χ1) is 64.0. The molecular weight excluding hydrogens is 1760 g/mol. The van der Waals surface area contributed by atoms with E-state index in [9.17, 15) is 79.5 Å². The Morgan fingerprint density at radius 1 is 0.425 bits per heavy atom. The fraction of sp³-hybridized carbons (Fsp3) is 0.357. The number of hydrogen-bond donors (Lipinski definition) is 12. The number of fused-ring (bicyclic) bond motifs is 3. The van der Waals surface area contributed by atoms with E-state index in [1.807, 2.05) is 170 Å². The highest BCUT2D eigenvalue weighted by atomic mass is 32.2. The van der Waals surface area contributed by atoms with Crippen LogP contribution in [0.4, 0.5) is 14.4 Å². The fourth-order valence-corrected chi connectivity index (χ4v) is 17.1. The van der Waals surface area contributed by atoms with Gasteiger partial charge in [0.25, 0.3) is 11.8 Å². The molecule has 1 saturated carbocycles. The van der Waals surface area contributed by atoms with Gasteiger partial charge in [-0.25, -0.2) is 42.1 Å². The van der Waals surface area contributed by atoms with E-state index in [0.717, 1.165) is 76.3 Å². The number of ether oxygens (including phenoxy) is 2. The average Bonchev–Trinajstić information content (AvgIpc) is 1.61. The van der Waals surface area contributed by atoms with Gasteiger partial charge >= 0.3 is 18.2 Å². The number of urea groups is 2. The van der Waals surface area contributed by atoms with Gasteiger partial charge in [-0.2, -0.15) is 10.2 Å². The molecule has 8 aromatic rings. The maximum absolute atomic E-state index is 14.5. The van der Waals surface area contributed by atoms with Crippen LogP contribution < -0.4 is 69.1 Å². The number of carbonyl (C=O) groups excluding carboxylic acids is 12. The molecule has 710 valence electrons. The highest BCUT2D eigenvalue weighted by Crippen LogP contribution is 2.45. The molecule has 0 spiro atoms. The van der Waals surface area contributed by atoms with Gasteiger partial charge in [-0.1, -0.05) is 276 Å². The number of hydrogen-bond acceptors (Lipinski definition) is 22. The lowest BCUT2D eigenvalue weighted by atomic mass is 9.83. The number of aliphatic imine (C=N–C) groups is 1. The van der Waals surface area contributed by atoms with Gasteiger partial charge in [-0.05, 0) is 122 Å². The summed E-state index contributed by atoms with van der Waals surface area (Å²) in [5, 5.41) is 47.9. The topological polar surface area (TPSA) is 496 Å². The minimum Gasteiger partial charge on any atom is -0.599 e. The summed E-state index contributed by atoms with van der Waals surface area (Å²) in [5.74, 6) is -9.48. The molecule has 134 heavy (non-hydrogen) atoms. The van der Waals surface area contributed by atoms with Crippen LogP contribution in [0, 0.1) is 5.92 Å².